The molecule has 1 N–H and O–H groups in total. The van der Waals surface area contributed by atoms with Crippen LogP contribution in [0, 0.1) is 5.92 Å². The molecule has 0 bridgehead atoms. The summed E-state index contributed by atoms with van der Waals surface area (Å²) in [6.07, 6.45) is 2.52. The maximum absolute atomic E-state index is 12.6. The number of rotatable bonds is 4. The molecule has 1 fully saturated rings. The van der Waals surface area contributed by atoms with Crippen LogP contribution in [0.3, 0.4) is 0 Å². The van der Waals surface area contributed by atoms with Gasteiger partial charge in [0.1, 0.15) is 5.82 Å². The van der Waals surface area contributed by atoms with Gasteiger partial charge in [0.05, 0.1) is 12.5 Å². The molecule has 1 amide bonds. The Hall–Kier alpha value is -1.50. The number of imidazole rings is 1. The Morgan fingerprint density at radius 3 is 2.94 bits per heavy atom. The molecule has 1 saturated heterocycles. The number of hydrogen-bond acceptors (Lipinski definition) is 3. The van der Waals surface area contributed by atoms with E-state index in [9.17, 15) is 13.6 Å². The summed E-state index contributed by atoms with van der Waals surface area (Å²) in [5.74, 6) is 0.130. The average molecular weight is 244 g/mol. The highest BCUT2D eigenvalue weighted by Gasteiger charge is 2.28. The van der Waals surface area contributed by atoms with E-state index in [1.807, 2.05) is 0 Å². The van der Waals surface area contributed by atoms with Crippen LogP contribution in [-0.2, 0) is 11.3 Å². The molecule has 7 heteroatoms. The van der Waals surface area contributed by atoms with Gasteiger partial charge in [-0.3, -0.25) is 9.36 Å². The van der Waals surface area contributed by atoms with Crippen molar-refractivity contribution in [2.75, 3.05) is 20.1 Å². The fourth-order valence-electron chi connectivity index (χ4n) is 1.71. The molecule has 0 saturated carbocycles. The molecule has 1 aromatic heterocycles. The van der Waals surface area contributed by atoms with Crippen molar-refractivity contribution >= 4 is 5.91 Å². The minimum Gasteiger partial charge on any atom is -0.338 e. The summed E-state index contributed by atoms with van der Waals surface area (Å²) >= 11 is 0. The quantitative estimate of drug-likeness (QED) is 0.837. The molecule has 2 rings (SSSR count). The molecule has 0 radical (unpaired) electrons. The number of carbonyl (C=O) groups excluding carboxylic acids is 1. The van der Waals surface area contributed by atoms with Gasteiger partial charge in [-0.2, -0.15) is 8.78 Å². The highest BCUT2D eigenvalue weighted by molar-refractivity contribution is 5.79. The molecular formula is C10H14F2N4O. The van der Waals surface area contributed by atoms with E-state index in [-0.39, 0.29) is 24.2 Å². The van der Waals surface area contributed by atoms with Crippen molar-refractivity contribution in [1.29, 1.82) is 0 Å². The SMILES string of the molecule is CN(Cc1nccn1C(F)F)C(=O)C1CNC1. The molecular weight excluding hydrogens is 230 g/mol. The minimum atomic E-state index is -2.62. The number of nitrogens with one attached hydrogen (secondary N) is 1. The molecule has 94 valence electrons. The smallest absolute Gasteiger partial charge is 0.319 e. The van der Waals surface area contributed by atoms with E-state index in [4.69, 9.17) is 0 Å². The third-order valence-electron chi connectivity index (χ3n) is 2.84. The summed E-state index contributed by atoms with van der Waals surface area (Å²) in [5, 5.41) is 3.00. The third-order valence-corrected chi connectivity index (χ3v) is 2.84. The van der Waals surface area contributed by atoms with Crippen molar-refractivity contribution in [3.05, 3.63) is 18.2 Å². The van der Waals surface area contributed by atoms with Crippen molar-refractivity contribution in [2.24, 2.45) is 5.92 Å². The van der Waals surface area contributed by atoms with Crippen LogP contribution in [0.15, 0.2) is 12.4 Å². The summed E-state index contributed by atoms with van der Waals surface area (Å²) in [6.45, 7) is -1.20. The van der Waals surface area contributed by atoms with E-state index in [1.54, 1.807) is 7.05 Å². The van der Waals surface area contributed by atoms with Gasteiger partial charge in [-0.25, -0.2) is 4.98 Å². The molecule has 0 aliphatic carbocycles. The zero-order chi connectivity index (χ0) is 12.4. The van der Waals surface area contributed by atoms with E-state index in [1.165, 1.54) is 17.3 Å². The van der Waals surface area contributed by atoms with Gasteiger partial charge in [0, 0.05) is 32.5 Å². The van der Waals surface area contributed by atoms with Crippen LogP contribution in [0.2, 0.25) is 0 Å². The number of alkyl halides is 2. The number of carbonyl (C=O) groups is 1. The molecule has 0 aromatic carbocycles. The summed E-state index contributed by atoms with van der Waals surface area (Å²) < 4.78 is 25.9. The largest absolute Gasteiger partial charge is 0.338 e. The van der Waals surface area contributed by atoms with Crippen LogP contribution in [0.25, 0.3) is 0 Å². The molecule has 2 heterocycles. The summed E-state index contributed by atoms with van der Waals surface area (Å²) in [5.41, 5.74) is 0. The fourth-order valence-corrected chi connectivity index (χ4v) is 1.71. The second-order valence-corrected chi connectivity index (χ2v) is 4.08. The van der Waals surface area contributed by atoms with Crippen LogP contribution in [0.1, 0.15) is 12.4 Å². The van der Waals surface area contributed by atoms with Crippen LogP contribution in [-0.4, -0.2) is 40.5 Å². The lowest BCUT2D eigenvalue weighted by Crippen LogP contribution is -2.51. The predicted octanol–water partition coefficient (Wildman–Crippen LogP) is 0.456. The Bertz CT molecular complexity index is 403. The van der Waals surface area contributed by atoms with Crippen LogP contribution < -0.4 is 5.32 Å². The highest BCUT2D eigenvalue weighted by atomic mass is 19.3. The van der Waals surface area contributed by atoms with Gasteiger partial charge in [0.25, 0.3) is 0 Å². The number of aromatic nitrogens is 2. The third kappa shape index (κ3) is 2.44. The standard InChI is InChI=1S/C10H14F2N4O/c1-15(9(17)7-4-13-5-7)6-8-14-2-3-16(8)10(11)12/h2-3,7,10,13H,4-6H2,1H3. The van der Waals surface area contributed by atoms with E-state index in [0.717, 1.165) is 4.57 Å². The summed E-state index contributed by atoms with van der Waals surface area (Å²) in [4.78, 5) is 17.1. The zero-order valence-corrected chi connectivity index (χ0v) is 9.44. The van der Waals surface area contributed by atoms with Gasteiger partial charge in [-0.1, -0.05) is 0 Å². The van der Waals surface area contributed by atoms with Crippen LogP contribution >= 0.6 is 0 Å². The Kier molecular flexibility index (Phi) is 3.37. The first-order valence-electron chi connectivity index (χ1n) is 5.35. The second kappa shape index (κ2) is 4.79. The lowest BCUT2D eigenvalue weighted by atomic mass is 10.0. The highest BCUT2D eigenvalue weighted by Crippen LogP contribution is 2.15. The number of nitrogens with zero attached hydrogens (tertiary/aromatic N) is 3. The van der Waals surface area contributed by atoms with Crippen molar-refractivity contribution in [3.63, 3.8) is 0 Å². The monoisotopic (exact) mass is 244 g/mol. The molecule has 1 aromatic rings. The van der Waals surface area contributed by atoms with Gasteiger partial charge in [-0.05, 0) is 0 Å². The molecule has 0 unspecified atom stereocenters. The number of hydrogen-bond donors (Lipinski definition) is 1. The minimum absolute atomic E-state index is 0.0324. The first kappa shape index (κ1) is 12.0. The lowest BCUT2D eigenvalue weighted by molar-refractivity contribution is -0.136. The topological polar surface area (TPSA) is 50.2 Å². The van der Waals surface area contributed by atoms with Crippen molar-refractivity contribution in [3.8, 4) is 0 Å². The molecule has 5 nitrogen and oxygen atoms in total. The molecule has 17 heavy (non-hydrogen) atoms. The van der Waals surface area contributed by atoms with Crippen molar-refractivity contribution in [1.82, 2.24) is 19.8 Å². The predicted molar refractivity (Wildman–Crippen MR) is 56.3 cm³/mol. The van der Waals surface area contributed by atoms with Gasteiger partial charge in [0.15, 0.2) is 0 Å². The van der Waals surface area contributed by atoms with E-state index in [0.29, 0.717) is 13.1 Å². The van der Waals surface area contributed by atoms with Crippen molar-refractivity contribution in [2.45, 2.75) is 13.1 Å². The van der Waals surface area contributed by atoms with Crippen molar-refractivity contribution < 1.29 is 13.6 Å². The normalized spacial score (nSPS) is 16.0. The van der Waals surface area contributed by atoms with Gasteiger partial charge >= 0.3 is 6.55 Å². The molecule has 0 spiro atoms. The number of amides is 1. The first-order valence-corrected chi connectivity index (χ1v) is 5.35. The molecule has 1 aliphatic rings. The zero-order valence-electron chi connectivity index (χ0n) is 9.44. The van der Waals surface area contributed by atoms with Crippen LogP contribution in [0.5, 0.6) is 0 Å². The Labute approximate surface area is 97.4 Å². The maximum atomic E-state index is 12.6. The fraction of sp³-hybridized carbons (Fsp3) is 0.600. The summed E-state index contributed by atoms with van der Waals surface area (Å²) in [7, 11) is 1.60. The second-order valence-electron chi connectivity index (χ2n) is 4.08. The Morgan fingerprint density at radius 2 is 2.41 bits per heavy atom. The number of halogens is 2. The van der Waals surface area contributed by atoms with Gasteiger partial charge < -0.3 is 10.2 Å². The van der Waals surface area contributed by atoms with Crippen LogP contribution in [0.4, 0.5) is 8.78 Å². The first-order chi connectivity index (χ1) is 8.09. The van der Waals surface area contributed by atoms with E-state index in [2.05, 4.69) is 10.3 Å². The Morgan fingerprint density at radius 1 is 1.71 bits per heavy atom. The van der Waals surface area contributed by atoms with Gasteiger partial charge in [-0.15, -0.1) is 0 Å². The lowest BCUT2D eigenvalue weighted by Gasteiger charge is -2.30. The molecule has 0 atom stereocenters. The van der Waals surface area contributed by atoms with E-state index < -0.39 is 6.55 Å². The van der Waals surface area contributed by atoms with Gasteiger partial charge in [0.2, 0.25) is 5.91 Å². The van der Waals surface area contributed by atoms with E-state index >= 15 is 0 Å². The maximum Gasteiger partial charge on any atom is 0.319 e. The summed E-state index contributed by atoms with van der Waals surface area (Å²) in [6, 6.07) is 0. The Balaban J connectivity index is 1.99. The average Bonchev–Trinajstić information content (AvgIpc) is 2.62. The molecule has 1 aliphatic heterocycles.